The molecule has 0 fully saturated rings. The third-order valence-corrected chi connectivity index (χ3v) is 3.39. The predicted octanol–water partition coefficient (Wildman–Crippen LogP) is 2.98. The van der Waals surface area contributed by atoms with Crippen LogP contribution in [0.2, 0.25) is 0 Å². The Balaban J connectivity index is 1.59. The van der Waals surface area contributed by atoms with Crippen LogP contribution in [-0.4, -0.2) is 28.7 Å². The van der Waals surface area contributed by atoms with E-state index in [4.69, 9.17) is 4.74 Å². The molecular weight excluding hydrogens is 278 g/mol. The van der Waals surface area contributed by atoms with Crippen LogP contribution >= 0.6 is 0 Å². The number of imidazole rings is 1. The van der Waals surface area contributed by atoms with Gasteiger partial charge in [-0.05, 0) is 30.7 Å². The van der Waals surface area contributed by atoms with Gasteiger partial charge in [0.25, 0.3) is 0 Å². The van der Waals surface area contributed by atoms with Gasteiger partial charge in [0, 0.05) is 0 Å². The normalized spacial score (nSPS) is 10.6. The van der Waals surface area contributed by atoms with Crippen molar-refractivity contribution in [2.24, 2.45) is 0 Å². The maximum absolute atomic E-state index is 12.2. The van der Waals surface area contributed by atoms with E-state index in [0.29, 0.717) is 13.2 Å². The fourth-order valence-electron chi connectivity index (χ4n) is 2.27. The Morgan fingerprint density at radius 3 is 2.82 bits per heavy atom. The van der Waals surface area contributed by atoms with Gasteiger partial charge in [0.2, 0.25) is 0 Å². The average Bonchev–Trinajstić information content (AvgIpc) is 2.98. The Morgan fingerprint density at radius 2 is 2.00 bits per heavy atom. The largest absolute Gasteiger partial charge is 0.492 e. The number of nitrogens with one attached hydrogen (secondary N) is 1. The van der Waals surface area contributed by atoms with Crippen molar-refractivity contribution in [3.63, 3.8) is 0 Å². The molecule has 0 unspecified atom stereocenters. The van der Waals surface area contributed by atoms with Crippen LogP contribution in [0.4, 0.5) is 4.79 Å². The van der Waals surface area contributed by atoms with Crippen LogP contribution < -0.4 is 10.1 Å². The van der Waals surface area contributed by atoms with Gasteiger partial charge in [-0.25, -0.2) is 9.78 Å². The van der Waals surface area contributed by atoms with E-state index in [-0.39, 0.29) is 6.03 Å². The maximum Gasteiger partial charge on any atom is 0.327 e. The molecule has 0 bridgehead atoms. The summed E-state index contributed by atoms with van der Waals surface area (Å²) in [4.78, 5) is 16.5. The first-order valence-electron chi connectivity index (χ1n) is 7.14. The van der Waals surface area contributed by atoms with E-state index < -0.39 is 0 Å². The van der Waals surface area contributed by atoms with Gasteiger partial charge in [-0.15, -0.1) is 0 Å². The monoisotopic (exact) mass is 295 g/mol. The first-order chi connectivity index (χ1) is 10.8. The Bertz CT molecular complexity index is 781. The lowest BCUT2D eigenvalue weighted by atomic mass is 10.2. The number of para-hydroxylation sites is 2. The Hall–Kier alpha value is -2.82. The number of carbonyl (C=O) groups excluding carboxylic acids is 1. The molecule has 5 nitrogen and oxygen atoms in total. The zero-order chi connectivity index (χ0) is 15.4. The topological polar surface area (TPSA) is 56.2 Å². The molecule has 1 heterocycles. The van der Waals surface area contributed by atoms with Crippen LogP contribution in [0.15, 0.2) is 54.9 Å². The van der Waals surface area contributed by atoms with Crippen molar-refractivity contribution in [1.29, 1.82) is 0 Å². The molecule has 0 spiro atoms. The van der Waals surface area contributed by atoms with Gasteiger partial charge < -0.3 is 10.1 Å². The smallest absolute Gasteiger partial charge is 0.327 e. The molecule has 2 aromatic carbocycles. The first kappa shape index (κ1) is 14.1. The second kappa shape index (κ2) is 6.30. The number of fused-ring (bicyclic) bond motifs is 1. The molecule has 112 valence electrons. The highest BCUT2D eigenvalue weighted by atomic mass is 16.5. The molecule has 1 amide bonds. The molecule has 0 saturated carbocycles. The molecule has 0 saturated heterocycles. The van der Waals surface area contributed by atoms with E-state index >= 15 is 0 Å². The summed E-state index contributed by atoms with van der Waals surface area (Å²) >= 11 is 0. The summed E-state index contributed by atoms with van der Waals surface area (Å²) in [7, 11) is 0. The number of aromatic nitrogens is 2. The Labute approximate surface area is 128 Å². The number of ether oxygens (including phenoxy) is 1. The number of hydrogen-bond donors (Lipinski definition) is 1. The molecule has 1 N–H and O–H groups in total. The lowest BCUT2D eigenvalue weighted by Crippen LogP contribution is -2.31. The maximum atomic E-state index is 12.2. The van der Waals surface area contributed by atoms with E-state index in [1.54, 1.807) is 6.33 Å². The summed E-state index contributed by atoms with van der Waals surface area (Å²) in [5.74, 6) is 0.792. The van der Waals surface area contributed by atoms with Crippen LogP contribution in [-0.2, 0) is 0 Å². The standard InChI is InChI=1S/C17H17N3O2/c1-13-6-5-9-15-16(13)19-12-20(15)17(21)18-10-11-22-14-7-3-2-4-8-14/h2-9,12H,10-11H2,1H3,(H,18,21). The highest BCUT2D eigenvalue weighted by molar-refractivity contribution is 5.90. The van der Waals surface area contributed by atoms with Gasteiger partial charge in [-0.2, -0.15) is 0 Å². The minimum Gasteiger partial charge on any atom is -0.492 e. The zero-order valence-corrected chi connectivity index (χ0v) is 12.3. The van der Waals surface area contributed by atoms with Crippen molar-refractivity contribution in [3.8, 4) is 5.75 Å². The van der Waals surface area contributed by atoms with Gasteiger partial charge in [0.05, 0.1) is 17.6 Å². The van der Waals surface area contributed by atoms with Crippen molar-refractivity contribution in [2.75, 3.05) is 13.2 Å². The third kappa shape index (κ3) is 2.93. The Morgan fingerprint density at radius 1 is 1.18 bits per heavy atom. The van der Waals surface area contributed by atoms with Crippen molar-refractivity contribution in [2.45, 2.75) is 6.92 Å². The third-order valence-electron chi connectivity index (χ3n) is 3.39. The number of aryl methyl sites for hydroxylation is 1. The summed E-state index contributed by atoms with van der Waals surface area (Å²) in [5.41, 5.74) is 2.70. The predicted molar refractivity (Wildman–Crippen MR) is 85.2 cm³/mol. The Kier molecular flexibility index (Phi) is 4.05. The second-order valence-electron chi connectivity index (χ2n) is 4.95. The van der Waals surface area contributed by atoms with Gasteiger partial charge in [0.15, 0.2) is 0 Å². The summed E-state index contributed by atoms with van der Waals surface area (Å²) in [6.07, 6.45) is 1.55. The summed E-state index contributed by atoms with van der Waals surface area (Å²) in [6, 6.07) is 15.1. The van der Waals surface area contributed by atoms with E-state index in [0.717, 1.165) is 22.3 Å². The van der Waals surface area contributed by atoms with Gasteiger partial charge in [0.1, 0.15) is 18.7 Å². The summed E-state index contributed by atoms with van der Waals surface area (Å²) in [6.45, 7) is 2.83. The number of benzene rings is 2. The van der Waals surface area contributed by atoms with Crippen molar-refractivity contribution >= 4 is 17.1 Å². The number of hydrogen-bond acceptors (Lipinski definition) is 3. The van der Waals surface area contributed by atoms with Crippen LogP contribution in [0, 0.1) is 6.92 Å². The SMILES string of the molecule is Cc1cccc2c1ncn2C(=O)NCCOc1ccccc1. The number of carbonyl (C=O) groups is 1. The van der Waals surface area contributed by atoms with Crippen LogP contribution in [0.3, 0.4) is 0 Å². The van der Waals surface area contributed by atoms with E-state index in [9.17, 15) is 4.79 Å². The molecule has 22 heavy (non-hydrogen) atoms. The molecule has 0 atom stereocenters. The zero-order valence-electron chi connectivity index (χ0n) is 12.3. The molecule has 1 aromatic heterocycles. The minimum atomic E-state index is -0.204. The lowest BCUT2D eigenvalue weighted by molar-refractivity contribution is 0.238. The minimum absolute atomic E-state index is 0.204. The average molecular weight is 295 g/mol. The van der Waals surface area contributed by atoms with E-state index in [1.165, 1.54) is 4.57 Å². The van der Waals surface area contributed by atoms with Crippen molar-refractivity contribution < 1.29 is 9.53 Å². The van der Waals surface area contributed by atoms with Crippen molar-refractivity contribution in [3.05, 3.63) is 60.4 Å². The molecule has 0 aliphatic carbocycles. The number of rotatable bonds is 4. The first-order valence-corrected chi connectivity index (χ1v) is 7.14. The van der Waals surface area contributed by atoms with Gasteiger partial charge in [-0.1, -0.05) is 30.3 Å². The molecule has 0 radical (unpaired) electrons. The number of amides is 1. The van der Waals surface area contributed by atoms with Crippen LogP contribution in [0.5, 0.6) is 5.75 Å². The molecular formula is C17H17N3O2. The molecule has 0 aliphatic heterocycles. The molecule has 0 aliphatic rings. The van der Waals surface area contributed by atoms with Gasteiger partial charge in [-0.3, -0.25) is 4.57 Å². The lowest BCUT2D eigenvalue weighted by Gasteiger charge is -2.08. The van der Waals surface area contributed by atoms with Gasteiger partial charge >= 0.3 is 6.03 Å². The van der Waals surface area contributed by atoms with Crippen LogP contribution in [0.25, 0.3) is 11.0 Å². The summed E-state index contributed by atoms with van der Waals surface area (Å²) in [5, 5.41) is 2.83. The molecule has 3 rings (SSSR count). The summed E-state index contributed by atoms with van der Waals surface area (Å²) < 4.78 is 7.06. The van der Waals surface area contributed by atoms with E-state index in [2.05, 4.69) is 10.3 Å². The fourth-order valence-corrected chi connectivity index (χ4v) is 2.27. The highest BCUT2D eigenvalue weighted by Gasteiger charge is 2.10. The second-order valence-corrected chi connectivity index (χ2v) is 4.95. The highest BCUT2D eigenvalue weighted by Crippen LogP contribution is 2.16. The van der Waals surface area contributed by atoms with Crippen molar-refractivity contribution in [1.82, 2.24) is 14.9 Å². The van der Waals surface area contributed by atoms with Crippen LogP contribution in [0.1, 0.15) is 5.56 Å². The van der Waals surface area contributed by atoms with E-state index in [1.807, 2.05) is 55.5 Å². The molecule has 5 heteroatoms. The number of nitrogens with zero attached hydrogens (tertiary/aromatic N) is 2. The molecule has 3 aromatic rings. The fraction of sp³-hybridized carbons (Fsp3) is 0.176. The quantitative estimate of drug-likeness (QED) is 0.753.